The van der Waals surface area contributed by atoms with Crippen LogP contribution in [-0.4, -0.2) is 4.98 Å². The van der Waals surface area contributed by atoms with E-state index in [9.17, 15) is 0 Å². The van der Waals surface area contributed by atoms with Gasteiger partial charge in [-0.05, 0) is 148 Å². The van der Waals surface area contributed by atoms with Crippen LogP contribution in [0.15, 0.2) is 6.07 Å². The Morgan fingerprint density at radius 2 is 1.06 bits per heavy atom. The number of benzene rings is 2. The third-order valence-electron chi connectivity index (χ3n) is 8.53. The number of nitrogens with zero attached hydrogens (tertiary/aromatic N) is 1. The first-order valence-electron chi connectivity index (χ1n) is 11.5. The zero-order valence-corrected chi connectivity index (χ0v) is 21.5. The monoisotopic (exact) mass is 411 g/mol. The smallest absolute Gasteiger partial charge is 0.0740 e. The third-order valence-corrected chi connectivity index (χ3v) is 8.53. The number of rotatable bonds is 1. The highest BCUT2D eigenvalue weighted by molar-refractivity contribution is 5.91. The van der Waals surface area contributed by atoms with Gasteiger partial charge in [0.1, 0.15) is 0 Å². The summed E-state index contributed by atoms with van der Waals surface area (Å²) >= 11 is 0. The molecule has 0 atom stereocenters. The van der Waals surface area contributed by atoms with E-state index in [1.165, 1.54) is 77.9 Å². The minimum atomic E-state index is -0.0223. The summed E-state index contributed by atoms with van der Waals surface area (Å²) in [5.74, 6) is 0. The predicted molar refractivity (Wildman–Crippen MR) is 135 cm³/mol. The molecule has 1 aromatic heterocycles. The molecule has 0 bridgehead atoms. The van der Waals surface area contributed by atoms with Crippen molar-refractivity contribution in [1.82, 2.24) is 4.98 Å². The molecule has 162 valence electrons. The maximum Gasteiger partial charge on any atom is 0.0740 e. The van der Waals surface area contributed by atoms with Gasteiger partial charge >= 0.3 is 0 Å². The van der Waals surface area contributed by atoms with Gasteiger partial charge in [0.25, 0.3) is 0 Å². The number of hydrogen-bond acceptors (Lipinski definition) is 1. The van der Waals surface area contributed by atoms with Gasteiger partial charge in [-0.3, -0.25) is 4.98 Å². The molecule has 0 saturated heterocycles. The van der Waals surface area contributed by atoms with Gasteiger partial charge in [-0.2, -0.15) is 0 Å². The maximum atomic E-state index is 5.09. The Morgan fingerprint density at radius 1 is 0.548 bits per heavy atom. The average Bonchev–Trinajstić information content (AvgIpc) is 2.97. The summed E-state index contributed by atoms with van der Waals surface area (Å²) in [5, 5.41) is 0. The minimum Gasteiger partial charge on any atom is -0.253 e. The van der Waals surface area contributed by atoms with E-state index in [2.05, 4.69) is 89.2 Å². The van der Waals surface area contributed by atoms with E-state index >= 15 is 0 Å². The Bertz CT molecular complexity index is 1290. The van der Waals surface area contributed by atoms with Crippen molar-refractivity contribution < 1.29 is 0 Å². The molecule has 0 fully saturated rings. The van der Waals surface area contributed by atoms with Crippen LogP contribution in [0.5, 0.6) is 0 Å². The second-order valence-electron chi connectivity index (χ2n) is 10.4. The lowest BCUT2D eigenvalue weighted by Crippen LogP contribution is -2.19. The summed E-state index contributed by atoms with van der Waals surface area (Å²) in [6.45, 7) is 27.4. The molecule has 0 aliphatic heterocycles. The van der Waals surface area contributed by atoms with Crippen LogP contribution in [-0.2, 0) is 5.41 Å². The fourth-order valence-corrected chi connectivity index (χ4v) is 6.12. The van der Waals surface area contributed by atoms with Gasteiger partial charge < -0.3 is 0 Å². The van der Waals surface area contributed by atoms with Crippen LogP contribution in [0.25, 0.3) is 22.4 Å². The van der Waals surface area contributed by atoms with Crippen molar-refractivity contribution in [3.05, 3.63) is 73.0 Å². The molecule has 0 spiro atoms. The molecule has 1 heteroatoms. The molecular weight excluding hydrogens is 374 g/mol. The van der Waals surface area contributed by atoms with Crippen LogP contribution >= 0.6 is 0 Å². The van der Waals surface area contributed by atoms with Crippen molar-refractivity contribution in [3.8, 4) is 22.4 Å². The van der Waals surface area contributed by atoms with E-state index in [-0.39, 0.29) is 5.41 Å². The summed E-state index contributed by atoms with van der Waals surface area (Å²) in [6.07, 6.45) is 0. The van der Waals surface area contributed by atoms with E-state index in [1.807, 2.05) is 0 Å². The van der Waals surface area contributed by atoms with Crippen LogP contribution < -0.4 is 0 Å². The first kappa shape index (κ1) is 21.8. The fourth-order valence-electron chi connectivity index (χ4n) is 6.12. The van der Waals surface area contributed by atoms with Gasteiger partial charge in [0.05, 0.1) is 5.69 Å². The zero-order chi connectivity index (χ0) is 23.2. The summed E-state index contributed by atoms with van der Waals surface area (Å²) in [5.41, 5.74) is 22.0. The van der Waals surface area contributed by atoms with E-state index in [0.717, 1.165) is 11.4 Å². The highest BCUT2D eigenvalue weighted by Crippen LogP contribution is 2.56. The standard InChI is InChI=1S/C30H37N/c1-14-13-24(29-21(8)17(4)18(5)23(10)31-29)22(9)28-25(14)26-19(6)15(2)16(3)20(7)27(26)30(28,11)12/h13H,1-12H3. The second kappa shape index (κ2) is 6.79. The predicted octanol–water partition coefficient (Wildman–Crippen LogP) is 8.14. The molecule has 0 N–H and O–H groups in total. The molecular formula is C30H37N. The number of pyridine rings is 1. The Balaban J connectivity index is 2.14. The first-order valence-corrected chi connectivity index (χ1v) is 11.5. The van der Waals surface area contributed by atoms with E-state index in [0.29, 0.717) is 0 Å². The van der Waals surface area contributed by atoms with Crippen LogP contribution in [0, 0.1) is 69.2 Å². The van der Waals surface area contributed by atoms with Gasteiger partial charge in [-0.25, -0.2) is 0 Å². The Morgan fingerprint density at radius 3 is 1.68 bits per heavy atom. The highest BCUT2D eigenvalue weighted by Gasteiger charge is 2.41. The molecule has 3 aromatic rings. The second-order valence-corrected chi connectivity index (χ2v) is 10.4. The van der Waals surface area contributed by atoms with Crippen molar-refractivity contribution in [2.75, 3.05) is 0 Å². The van der Waals surface area contributed by atoms with Gasteiger partial charge in [0.15, 0.2) is 0 Å². The zero-order valence-electron chi connectivity index (χ0n) is 21.5. The minimum absolute atomic E-state index is 0.0223. The van der Waals surface area contributed by atoms with Gasteiger partial charge in [-0.1, -0.05) is 13.8 Å². The molecule has 0 amide bonds. The van der Waals surface area contributed by atoms with Crippen LogP contribution in [0.3, 0.4) is 0 Å². The molecule has 1 heterocycles. The van der Waals surface area contributed by atoms with Crippen molar-refractivity contribution >= 4 is 0 Å². The normalized spacial score (nSPS) is 14.1. The largest absolute Gasteiger partial charge is 0.253 e. The number of aromatic nitrogens is 1. The van der Waals surface area contributed by atoms with E-state index in [4.69, 9.17) is 4.98 Å². The molecule has 1 aliphatic rings. The Labute approximate surface area is 189 Å². The van der Waals surface area contributed by atoms with Gasteiger partial charge in [0, 0.05) is 16.7 Å². The lowest BCUT2D eigenvalue weighted by atomic mass is 9.76. The molecule has 0 unspecified atom stereocenters. The highest BCUT2D eigenvalue weighted by atomic mass is 14.7. The van der Waals surface area contributed by atoms with Crippen molar-refractivity contribution in [1.29, 1.82) is 0 Å². The van der Waals surface area contributed by atoms with Crippen LogP contribution in [0.4, 0.5) is 0 Å². The van der Waals surface area contributed by atoms with E-state index in [1.54, 1.807) is 0 Å². The molecule has 31 heavy (non-hydrogen) atoms. The lowest BCUT2D eigenvalue weighted by Gasteiger charge is -2.28. The van der Waals surface area contributed by atoms with Gasteiger partial charge in [-0.15, -0.1) is 0 Å². The van der Waals surface area contributed by atoms with E-state index < -0.39 is 0 Å². The molecule has 1 aliphatic carbocycles. The van der Waals surface area contributed by atoms with Gasteiger partial charge in [0.2, 0.25) is 0 Å². The molecule has 0 radical (unpaired) electrons. The topological polar surface area (TPSA) is 12.9 Å². The fraction of sp³-hybridized carbons (Fsp3) is 0.433. The molecule has 1 nitrogen and oxygen atoms in total. The summed E-state index contributed by atoms with van der Waals surface area (Å²) < 4.78 is 0. The SMILES string of the molecule is Cc1cc(-c2nc(C)c(C)c(C)c2C)c(C)c2c1-c1c(C)c(C)c(C)c(C)c1C2(C)C. The van der Waals surface area contributed by atoms with Crippen LogP contribution in [0.1, 0.15) is 80.7 Å². The Kier molecular flexibility index (Phi) is 4.78. The third kappa shape index (κ3) is 2.71. The van der Waals surface area contributed by atoms with Crippen molar-refractivity contribution in [2.24, 2.45) is 0 Å². The van der Waals surface area contributed by atoms with Crippen LogP contribution in [0.2, 0.25) is 0 Å². The molecule has 2 aromatic carbocycles. The maximum absolute atomic E-state index is 5.09. The number of hydrogen-bond donors (Lipinski definition) is 0. The molecule has 0 saturated carbocycles. The number of fused-ring (bicyclic) bond motifs is 3. The summed E-state index contributed by atoms with van der Waals surface area (Å²) in [6, 6.07) is 2.40. The Hall–Kier alpha value is -2.41. The van der Waals surface area contributed by atoms with Crippen molar-refractivity contribution in [3.63, 3.8) is 0 Å². The average molecular weight is 412 g/mol. The first-order chi connectivity index (χ1) is 14.3. The number of aryl methyl sites for hydroxylation is 2. The summed E-state index contributed by atoms with van der Waals surface area (Å²) in [4.78, 5) is 5.09. The van der Waals surface area contributed by atoms with Crippen molar-refractivity contribution in [2.45, 2.75) is 88.5 Å². The lowest BCUT2D eigenvalue weighted by molar-refractivity contribution is 0.649. The molecule has 4 rings (SSSR count). The quantitative estimate of drug-likeness (QED) is 0.394. The summed E-state index contributed by atoms with van der Waals surface area (Å²) in [7, 11) is 0.